The van der Waals surface area contributed by atoms with Crippen LogP contribution in [0.1, 0.15) is 28.3 Å². The van der Waals surface area contributed by atoms with Crippen molar-refractivity contribution in [1.82, 2.24) is 9.80 Å². The molecule has 1 heterocycles. The van der Waals surface area contributed by atoms with E-state index in [1.807, 2.05) is 23.1 Å². The maximum absolute atomic E-state index is 12.7. The van der Waals surface area contributed by atoms with Crippen LogP contribution < -0.4 is 0 Å². The molecule has 4 nitrogen and oxygen atoms in total. The quantitative estimate of drug-likeness (QED) is 0.832. The van der Waals surface area contributed by atoms with Crippen molar-refractivity contribution in [2.75, 3.05) is 26.2 Å². The summed E-state index contributed by atoms with van der Waals surface area (Å²) in [5.74, 6) is 0.671. The Hall–Kier alpha value is -2.33. The number of piperazine rings is 1. The van der Waals surface area contributed by atoms with Crippen molar-refractivity contribution in [3.8, 4) is 0 Å². The predicted octanol–water partition coefficient (Wildman–Crippen LogP) is 3.43. The van der Waals surface area contributed by atoms with Crippen LogP contribution in [0.2, 0.25) is 5.02 Å². The minimum absolute atomic E-state index is 0.0202. The molecule has 2 atom stereocenters. The second-order valence-electron chi connectivity index (χ2n) is 6.99. The van der Waals surface area contributed by atoms with E-state index < -0.39 is 0 Å². The van der Waals surface area contributed by atoms with Crippen molar-refractivity contribution in [1.29, 1.82) is 0 Å². The van der Waals surface area contributed by atoms with Gasteiger partial charge in [0.2, 0.25) is 5.91 Å². The smallest absolute Gasteiger partial charge is 0.254 e. The SMILES string of the molecule is O=C(c1cccc(Cl)c1)N1CCN(C(=O)[C@@H]2C[C@H]2c2ccccc2)CC1. The van der Waals surface area contributed by atoms with E-state index in [2.05, 4.69) is 12.1 Å². The predicted molar refractivity (Wildman–Crippen MR) is 101 cm³/mol. The van der Waals surface area contributed by atoms with Gasteiger partial charge in [0.25, 0.3) is 5.91 Å². The highest BCUT2D eigenvalue weighted by Crippen LogP contribution is 2.48. The number of carbonyl (C=O) groups excluding carboxylic acids is 2. The van der Waals surface area contributed by atoms with Crippen LogP contribution in [-0.2, 0) is 4.79 Å². The average Bonchev–Trinajstić information content (AvgIpc) is 3.48. The molecule has 1 aliphatic carbocycles. The Morgan fingerprint density at radius 3 is 2.27 bits per heavy atom. The Morgan fingerprint density at radius 2 is 1.58 bits per heavy atom. The zero-order chi connectivity index (χ0) is 18.1. The first kappa shape index (κ1) is 17.1. The minimum Gasteiger partial charge on any atom is -0.339 e. The second-order valence-corrected chi connectivity index (χ2v) is 7.42. The van der Waals surface area contributed by atoms with E-state index in [4.69, 9.17) is 11.6 Å². The fourth-order valence-electron chi connectivity index (χ4n) is 3.71. The summed E-state index contributed by atoms with van der Waals surface area (Å²) in [5.41, 5.74) is 1.85. The molecule has 0 bridgehead atoms. The van der Waals surface area contributed by atoms with Gasteiger partial charge in [-0.15, -0.1) is 0 Å². The first-order valence-electron chi connectivity index (χ1n) is 9.02. The van der Waals surface area contributed by atoms with Crippen molar-refractivity contribution >= 4 is 23.4 Å². The van der Waals surface area contributed by atoms with Crippen LogP contribution in [0, 0.1) is 5.92 Å². The van der Waals surface area contributed by atoms with E-state index in [1.54, 1.807) is 29.2 Å². The molecular weight excluding hydrogens is 348 g/mol. The van der Waals surface area contributed by atoms with Gasteiger partial charge in [-0.1, -0.05) is 48.0 Å². The number of benzene rings is 2. The molecule has 2 aromatic rings. The molecule has 0 aromatic heterocycles. The molecule has 134 valence electrons. The molecule has 0 N–H and O–H groups in total. The molecule has 0 spiro atoms. The van der Waals surface area contributed by atoms with Gasteiger partial charge in [-0.05, 0) is 36.1 Å². The van der Waals surface area contributed by atoms with Crippen molar-refractivity contribution < 1.29 is 9.59 Å². The lowest BCUT2D eigenvalue weighted by atomic mass is 10.1. The van der Waals surface area contributed by atoms with Crippen LogP contribution in [0.3, 0.4) is 0 Å². The Kier molecular flexibility index (Phi) is 4.68. The molecule has 0 unspecified atom stereocenters. The molecule has 1 saturated heterocycles. The zero-order valence-corrected chi connectivity index (χ0v) is 15.2. The topological polar surface area (TPSA) is 40.6 Å². The number of nitrogens with zero attached hydrogens (tertiary/aromatic N) is 2. The highest BCUT2D eigenvalue weighted by atomic mass is 35.5. The third kappa shape index (κ3) is 3.47. The molecule has 4 rings (SSSR count). The lowest BCUT2D eigenvalue weighted by Crippen LogP contribution is -2.51. The monoisotopic (exact) mass is 368 g/mol. The Bertz CT molecular complexity index is 816. The number of halogens is 1. The molecule has 2 aromatic carbocycles. The molecule has 5 heteroatoms. The lowest BCUT2D eigenvalue weighted by Gasteiger charge is -2.35. The number of hydrogen-bond donors (Lipinski definition) is 0. The van der Waals surface area contributed by atoms with E-state index in [-0.39, 0.29) is 17.7 Å². The van der Waals surface area contributed by atoms with Crippen molar-refractivity contribution in [3.63, 3.8) is 0 Å². The summed E-state index contributed by atoms with van der Waals surface area (Å²) >= 11 is 5.97. The van der Waals surface area contributed by atoms with Crippen LogP contribution in [0.5, 0.6) is 0 Å². The maximum atomic E-state index is 12.7. The van der Waals surface area contributed by atoms with Gasteiger partial charge in [-0.25, -0.2) is 0 Å². The first-order chi connectivity index (χ1) is 12.6. The summed E-state index contributed by atoms with van der Waals surface area (Å²) < 4.78 is 0. The highest BCUT2D eigenvalue weighted by Gasteiger charge is 2.46. The minimum atomic E-state index is -0.0202. The van der Waals surface area contributed by atoms with Gasteiger partial charge in [0, 0.05) is 42.7 Å². The summed E-state index contributed by atoms with van der Waals surface area (Å²) in [4.78, 5) is 29.0. The third-order valence-corrected chi connectivity index (χ3v) is 5.52. The fourth-order valence-corrected chi connectivity index (χ4v) is 3.90. The van der Waals surface area contributed by atoms with E-state index in [9.17, 15) is 9.59 Å². The van der Waals surface area contributed by atoms with Gasteiger partial charge >= 0.3 is 0 Å². The molecule has 26 heavy (non-hydrogen) atoms. The van der Waals surface area contributed by atoms with Crippen LogP contribution >= 0.6 is 11.6 Å². The molecular formula is C21H21ClN2O2. The molecule has 2 amide bonds. The number of carbonyl (C=O) groups is 2. The second kappa shape index (κ2) is 7.12. The fraction of sp³-hybridized carbons (Fsp3) is 0.333. The highest BCUT2D eigenvalue weighted by molar-refractivity contribution is 6.30. The average molecular weight is 369 g/mol. The molecule has 0 radical (unpaired) electrons. The van der Waals surface area contributed by atoms with Crippen molar-refractivity contribution in [3.05, 3.63) is 70.7 Å². The molecule has 1 aliphatic heterocycles. The lowest BCUT2D eigenvalue weighted by molar-refractivity contribution is -0.134. The zero-order valence-electron chi connectivity index (χ0n) is 14.5. The Morgan fingerprint density at radius 1 is 0.885 bits per heavy atom. The molecule has 2 aliphatic rings. The summed E-state index contributed by atoms with van der Waals surface area (Å²) in [6, 6.07) is 17.2. The first-order valence-corrected chi connectivity index (χ1v) is 9.40. The summed E-state index contributed by atoms with van der Waals surface area (Å²) in [6.45, 7) is 2.34. The third-order valence-electron chi connectivity index (χ3n) is 5.29. The Labute approximate surface area is 158 Å². The van der Waals surface area contributed by atoms with Gasteiger partial charge in [-0.2, -0.15) is 0 Å². The van der Waals surface area contributed by atoms with E-state index in [1.165, 1.54) is 5.56 Å². The van der Waals surface area contributed by atoms with Crippen LogP contribution in [0.25, 0.3) is 0 Å². The number of hydrogen-bond acceptors (Lipinski definition) is 2. The van der Waals surface area contributed by atoms with E-state index >= 15 is 0 Å². The van der Waals surface area contributed by atoms with Crippen molar-refractivity contribution in [2.45, 2.75) is 12.3 Å². The van der Waals surface area contributed by atoms with Gasteiger partial charge in [0.15, 0.2) is 0 Å². The normalized spacial score (nSPS) is 22.2. The molecule has 1 saturated carbocycles. The van der Waals surface area contributed by atoms with Crippen LogP contribution in [-0.4, -0.2) is 47.8 Å². The standard InChI is InChI=1S/C21H21ClN2O2/c22-17-8-4-7-16(13-17)20(25)23-9-11-24(12-10-23)21(26)19-14-18(19)15-5-2-1-3-6-15/h1-8,13,18-19H,9-12,14H2/t18-,19+/m0/s1. The van der Waals surface area contributed by atoms with Gasteiger partial charge in [-0.3, -0.25) is 9.59 Å². The van der Waals surface area contributed by atoms with Crippen LogP contribution in [0.15, 0.2) is 54.6 Å². The summed E-state index contributed by atoms with van der Waals surface area (Å²) in [5, 5.41) is 0.561. The van der Waals surface area contributed by atoms with E-state index in [0.717, 1.165) is 6.42 Å². The number of amides is 2. The Balaban J connectivity index is 1.33. The molecule has 2 fully saturated rings. The summed E-state index contributed by atoms with van der Waals surface area (Å²) in [7, 11) is 0. The number of rotatable bonds is 3. The van der Waals surface area contributed by atoms with Crippen molar-refractivity contribution in [2.24, 2.45) is 5.92 Å². The maximum Gasteiger partial charge on any atom is 0.254 e. The summed E-state index contributed by atoms with van der Waals surface area (Å²) in [6.07, 6.45) is 0.935. The van der Waals surface area contributed by atoms with Gasteiger partial charge in [0.1, 0.15) is 0 Å². The van der Waals surface area contributed by atoms with Gasteiger partial charge < -0.3 is 9.80 Å². The largest absolute Gasteiger partial charge is 0.339 e. The van der Waals surface area contributed by atoms with Crippen LogP contribution in [0.4, 0.5) is 0 Å². The van der Waals surface area contributed by atoms with Gasteiger partial charge in [0.05, 0.1) is 0 Å². The van der Waals surface area contributed by atoms with E-state index in [0.29, 0.717) is 42.7 Å².